The summed E-state index contributed by atoms with van der Waals surface area (Å²) in [5.74, 6) is -2.87. The van der Waals surface area contributed by atoms with Crippen molar-refractivity contribution in [3.63, 3.8) is 0 Å². The molecule has 2 heterocycles. The van der Waals surface area contributed by atoms with Gasteiger partial charge in [0.1, 0.15) is 28.8 Å². The van der Waals surface area contributed by atoms with E-state index in [4.69, 9.17) is 9.47 Å². The first-order chi connectivity index (χ1) is 27.1. The number of piperidine rings is 1. The van der Waals surface area contributed by atoms with Crippen molar-refractivity contribution in [3.05, 3.63) is 45.9 Å². The summed E-state index contributed by atoms with van der Waals surface area (Å²) in [6, 6.07) is 4.27. The molecule has 14 nitrogen and oxygen atoms in total. The summed E-state index contributed by atoms with van der Waals surface area (Å²) in [6.07, 6.45) is 4.63. The molecule has 0 saturated carbocycles. The maximum atomic E-state index is 14.7. The van der Waals surface area contributed by atoms with Crippen molar-refractivity contribution in [1.82, 2.24) is 25.4 Å². The van der Waals surface area contributed by atoms with Crippen LogP contribution in [0.25, 0.3) is 0 Å². The zero-order valence-electron chi connectivity index (χ0n) is 34.8. The number of hydrogen-bond acceptors (Lipinski definition) is 12. The predicted molar refractivity (Wildman–Crippen MR) is 217 cm³/mol. The third kappa shape index (κ3) is 14.5. The van der Waals surface area contributed by atoms with Crippen molar-refractivity contribution in [2.45, 2.75) is 137 Å². The number of carbonyl (C=O) groups excluding carboxylic acids is 6. The number of benzene rings is 1. The van der Waals surface area contributed by atoms with Crippen molar-refractivity contribution in [2.24, 2.45) is 17.8 Å². The van der Waals surface area contributed by atoms with Gasteiger partial charge in [0.05, 0.1) is 6.04 Å². The first-order valence-electron chi connectivity index (χ1n) is 20.2. The zero-order valence-corrected chi connectivity index (χ0v) is 35.6. The van der Waals surface area contributed by atoms with Gasteiger partial charge in [-0.25, -0.2) is 4.98 Å². The molecule has 2 aromatic rings. The third-order valence-electron chi connectivity index (χ3n) is 10.6. The molecule has 1 aliphatic heterocycles. The number of aromatic nitrogens is 1. The minimum atomic E-state index is -0.974. The Morgan fingerprint density at radius 1 is 1.05 bits per heavy atom. The van der Waals surface area contributed by atoms with Gasteiger partial charge in [0.25, 0.3) is 5.91 Å². The number of likely N-dealkylation sites (tertiary alicyclic amines) is 1. The van der Waals surface area contributed by atoms with Crippen molar-refractivity contribution < 1.29 is 43.3 Å². The highest BCUT2D eigenvalue weighted by atomic mass is 32.1. The second kappa shape index (κ2) is 23.1. The van der Waals surface area contributed by atoms with Gasteiger partial charge in [-0.3, -0.25) is 28.9 Å². The van der Waals surface area contributed by atoms with Crippen LogP contribution in [0.1, 0.15) is 127 Å². The van der Waals surface area contributed by atoms with Crippen LogP contribution in [0.15, 0.2) is 29.6 Å². The number of nitrogens with zero attached hydrogens (tertiary/aromatic N) is 3. The summed E-state index contributed by atoms with van der Waals surface area (Å²) in [5.41, 5.74) is 0.956. The highest BCUT2D eigenvalue weighted by molar-refractivity contribution is 7.09. The van der Waals surface area contributed by atoms with Crippen LogP contribution in [-0.4, -0.2) is 100 Å². The molecule has 3 amide bonds. The number of rotatable bonds is 22. The Balaban J connectivity index is 1.94. The second-order valence-electron chi connectivity index (χ2n) is 15.7. The lowest BCUT2D eigenvalue weighted by molar-refractivity contribution is -0.160. The first kappa shape index (κ1) is 47.0. The van der Waals surface area contributed by atoms with Gasteiger partial charge >= 0.3 is 11.9 Å². The summed E-state index contributed by atoms with van der Waals surface area (Å²) < 4.78 is 11.5. The van der Waals surface area contributed by atoms with Gasteiger partial charge in [-0.05, 0) is 75.2 Å². The quantitative estimate of drug-likeness (QED) is 0.0767. The topological polar surface area (TPSA) is 185 Å². The van der Waals surface area contributed by atoms with Gasteiger partial charge < -0.3 is 34.9 Å². The van der Waals surface area contributed by atoms with E-state index in [9.17, 15) is 33.9 Å². The largest absolute Gasteiger partial charge is 0.508 e. The molecule has 0 aliphatic carbocycles. The smallest absolute Gasteiger partial charge is 0.307 e. The van der Waals surface area contributed by atoms with Crippen LogP contribution in [0.3, 0.4) is 0 Å². The average Bonchev–Trinajstić information content (AvgIpc) is 3.67. The normalized spacial score (nSPS) is 17.7. The molecule has 3 N–H and O–H groups in total. The molecule has 57 heavy (non-hydrogen) atoms. The number of esters is 2. The van der Waals surface area contributed by atoms with Crippen molar-refractivity contribution >= 4 is 47.3 Å². The summed E-state index contributed by atoms with van der Waals surface area (Å²) in [5, 5.41) is 17.7. The molecular weight excluding hydrogens is 751 g/mol. The fraction of sp³-hybridized carbons (Fsp3) is 0.643. The second-order valence-corrected chi connectivity index (χ2v) is 16.6. The van der Waals surface area contributed by atoms with Crippen LogP contribution in [0.4, 0.5) is 0 Å². The SMILES string of the molecule is CCCC(=O)OCN(C(=O)C(NC(=O)[C@H]1CCCCN1C)C(C)CC)C(C[C@@H](OC(C)=O)c1nc(C(=O)N[C@@H](Cc2ccc(O)cc2)C[C@H](C)C=O)cs1)C(C)C. The van der Waals surface area contributed by atoms with Gasteiger partial charge in [0.2, 0.25) is 11.8 Å². The van der Waals surface area contributed by atoms with Crippen LogP contribution < -0.4 is 10.6 Å². The van der Waals surface area contributed by atoms with E-state index in [-0.39, 0.29) is 60.7 Å². The summed E-state index contributed by atoms with van der Waals surface area (Å²) >= 11 is 1.13. The minimum Gasteiger partial charge on any atom is -0.508 e. The number of ether oxygens (including phenoxy) is 2. The Morgan fingerprint density at radius 2 is 1.75 bits per heavy atom. The number of carbonyl (C=O) groups is 6. The number of amides is 3. The number of phenols is 1. The van der Waals surface area contributed by atoms with Crippen LogP contribution in [0.2, 0.25) is 0 Å². The molecule has 3 unspecified atom stereocenters. The van der Waals surface area contributed by atoms with Gasteiger partial charge in [0, 0.05) is 43.1 Å². The summed E-state index contributed by atoms with van der Waals surface area (Å²) in [7, 11) is 1.91. The molecule has 1 fully saturated rings. The lowest BCUT2D eigenvalue weighted by atomic mass is 9.92. The highest BCUT2D eigenvalue weighted by Gasteiger charge is 2.39. The standard InChI is InChI=1S/C42H63N5O9S/c1-9-13-37(51)55-25-47(42(54)38(28(6)10-2)45-40(53)34-14-11-12-19-46(34)8)35(26(3)4)22-36(56-29(7)49)41-44-33(24-57-41)39(52)43-31(20-27(5)23-48)21-30-15-17-32(50)18-16-30/h15-18,23-24,26-28,31,34-36,38,50H,9-14,19-22,25H2,1-8H3,(H,43,52)(H,45,53)/t27-,28?,31+,34+,35?,36+,38?/m0/s1. The Hall–Kier alpha value is -4.37. The van der Waals surface area contributed by atoms with Gasteiger partial charge in [-0.1, -0.05) is 66.5 Å². The number of nitrogens with one attached hydrogen (secondary N) is 2. The van der Waals surface area contributed by atoms with Crippen molar-refractivity contribution in [3.8, 4) is 5.75 Å². The molecule has 1 aromatic carbocycles. The molecule has 1 aliphatic rings. The van der Waals surface area contributed by atoms with Gasteiger partial charge in [-0.2, -0.15) is 0 Å². The van der Waals surface area contributed by atoms with E-state index in [2.05, 4.69) is 15.6 Å². The maximum absolute atomic E-state index is 14.7. The number of phenolic OH excluding ortho intramolecular Hbond substituents is 1. The lowest BCUT2D eigenvalue weighted by Crippen LogP contribution is -2.59. The fourth-order valence-corrected chi connectivity index (χ4v) is 7.89. The first-order valence-corrected chi connectivity index (χ1v) is 21.1. The molecule has 1 aromatic heterocycles. The lowest BCUT2D eigenvalue weighted by Gasteiger charge is -2.39. The Morgan fingerprint density at radius 3 is 2.35 bits per heavy atom. The monoisotopic (exact) mass is 813 g/mol. The number of aromatic hydroxyl groups is 1. The molecule has 7 atom stereocenters. The third-order valence-corrected chi connectivity index (χ3v) is 11.5. The molecular formula is C42H63N5O9S. The fourth-order valence-electron chi connectivity index (χ4n) is 7.05. The molecule has 3 rings (SSSR count). The van der Waals surface area contributed by atoms with E-state index < -0.39 is 48.0 Å². The van der Waals surface area contributed by atoms with Crippen LogP contribution in [-0.2, 0) is 39.9 Å². The van der Waals surface area contributed by atoms with E-state index in [0.29, 0.717) is 37.1 Å². The highest BCUT2D eigenvalue weighted by Crippen LogP contribution is 2.32. The number of hydrogen-bond donors (Lipinski definition) is 3. The van der Waals surface area contributed by atoms with Crippen molar-refractivity contribution in [1.29, 1.82) is 0 Å². The van der Waals surface area contributed by atoms with Crippen LogP contribution >= 0.6 is 11.3 Å². The van der Waals surface area contributed by atoms with Gasteiger partial charge in [-0.15, -0.1) is 11.3 Å². The summed E-state index contributed by atoms with van der Waals surface area (Å²) in [4.78, 5) is 86.9. The molecule has 0 spiro atoms. The number of thiazole rings is 1. The summed E-state index contributed by atoms with van der Waals surface area (Å²) in [6.45, 7) is 13.0. The van der Waals surface area contributed by atoms with E-state index in [1.54, 1.807) is 36.6 Å². The van der Waals surface area contributed by atoms with Crippen LogP contribution in [0.5, 0.6) is 5.75 Å². The zero-order chi connectivity index (χ0) is 42.2. The Kier molecular flexibility index (Phi) is 19.1. The molecule has 316 valence electrons. The minimum absolute atomic E-state index is 0.0652. The van der Waals surface area contributed by atoms with Crippen molar-refractivity contribution in [2.75, 3.05) is 20.3 Å². The predicted octanol–water partition coefficient (Wildman–Crippen LogP) is 5.58. The Bertz CT molecular complexity index is 1630. The Labute approximate surface area is 341 Å². The maximum Gasteiger partial charge on any atom is 0.307 e. The number of aldehydes is 1. The average molecular weight is 814 g/mol. The molecule has 1 saturated heterocycles. The number of likely N-dealkylation sites (N-methyl/N-ethyl adjacent to an activating group) is 1. The molecule has 15 heteroatoms. The van der Waals surface area contributed by atoms with Gasteiger partial charge in [0.15, 0.2) is 12.8 Å². The van der Waals surface area contributed by atoms with E-state index in [1.807, 2.05) is 46.6 Å². The van der Waals surface area contributed by atoms with Crippen LogP contribution in [0, 0.1) is 17.8 Å². The van der Waals surface area contributed by atoms with E-state index in [0.717, 1.165) is 42.6 Å². The van der Waals surface area contributed by atoms with E-state index >= 15 is 0 Å². The molecule has 0 radical (unpaired) electrons. The molecule has 0 bridgehead atoms. The van der Waals surface area contributed by atoms with E-state index in [1.165, 1.54) is 11.8 Å².